The van der Waals surface area contributed by atoms with Crippen molar-refractivity contribution in [1.82, 2.24) is 0 Å². The van der Waals surface area contributed by atoms with Crippen molar-refractivity contribution in [3.05, 3.63) is 65.2 Å². The fourth-order valence-electron chi connectivity index (χ4n) is 3.31. The smallest absolute Gasteiger partial charge is 0.159 e. The van der Waals surface area contributed by atoms with Crippen LogP contribution in [0.15, 0.2) is 48.5 Å². The lowest BCUT2D eigenvalue weighted by Gasteiger charge is -2.32. The average Bonchev–Trinajstić information content (AvgIpc) is 2.67. The molecule has 0 spiro atoms. The number of rotatable bonds is 5. The van der Waals surface area contributed by atoms with Crippen LogP contribution in [-0.4, -0.2) is 18.9 Å². The first kappa shape index (κ1) is 17.2. The SMILES string of the molecule is CC(=O)c1ccc(C#N)c(NCC2CCCOC2c2ccccc2)c1. The minimum Gasteiger partial charge on any atom is -0.384 e. The van der Waals surface area contributed by atoms with Gasteiger partial charge in [-0.15, -0.1) is 0 Å². The molecule has 1 fully saturated rings. The Kier molecular flexibility index (Phi) is 5.47. The van der Waals surface area contributed by atoms with Crippen molar-refractivity contribution in [2.24, 2.45) is 5.92 Å². The number of benzene rings is 2. The van der Waals surface area contributed by atoms with Crippen LogP contribution in [0.25, 0.3) is 0 Å². The molecule has 2 aromatic carbocycles. The van der Waals surface area contributed by atoms with Gasteiger partial charge in [0.05, 0.1) is 17.4 Å². The van der Waals surface area contributed by atoms with Gasteiger partial charge >= 0.3 is 0 Å². The zero-order valence-electron chi connectivity index (χ0n) is 14.4. The van der Waals surface area contributed by atoms with Crippen molar-refractivity contribution in [3.63, 3.8) is 0 Å². The summed E-state index contributed by atoms with van der Waals surface area (Å²) in [4.78, 5) is 11.6. The number of anilines is 1. The van der Waals surface area contributed by atoms with Crippen LogP contribution in [-0.2, 0) is 4.74 Å². The summed E-state index contributed by atoms with van der Waals surface area (Å²) in [5.41, 5.74) is 3.07. The second-order valence-electron chi connectivity index (χ2n) is 6.41. The number of nitrogens with one attached hydrogen (secondary N) is 1. The topological polar surface area (TPSA) is 62.1 Å². The molecule has 2 atom stereocenters. The van der Waals surface area contributed by atoms with Gasteiger partial charge in [-0.2, -0.15) is 5.26 Å². The van der Waals surface area contributed by atoms with Crippen LogP contribution in [0.1, 0.15) is 47.4 Å². The monoisotopic (exact) mass is 334 g/mol. The number of ketones is 1. The highest BCUT2D eigenvalue weighted by molar-refractivity contribution is 5.95. The van der Waals surface area contributed by atoms with Gasteiger partial charge in [-0.05, 0) is 43.5 Å². The Morgan fingerprint density at radius 1 is 1.28 bits per heavy atom. The number of nitriles is 1. The second kappa shape index (κ2) is 7.96. The Morgan fingerprint density at radius 3 is 2.80 bits per heavy atom. The summed E-state index contributed by atoms with van der Waals surface area (Å²) in [5, 5.41) is 12.7. The van der Waals surface area contributed by atoms with Crippen LogP contribution >= 0.6 is 0 Å². The highest BCUT2D eigenvalue weighted by atomic mass is 16.5. The van der Waals surface area contributed by atoms with Gasteiger partial charge < -0.3 is 10.1 Å². The van der Waals surface area contributed by atoms with Crippen LogP contribution in [0.5, 0.6) is 0 Å². The summed E-state index contributed by atoms with van der Waals surface area (Å²) < 4.78 is 6.02. The van der Waals surface area contributed by atoms with Gasteiger partial charge in [0.25, 0.3) is 0 Å². The molecular weight excluding hydrogens is 312 g/mol. The first-order valence-electron chi connectivity index (χ1n) is 8.64. The predicted molar refractivity (Wildman–Crippen MR) is 97.5 cm³/mol. The predicted octanol–water partition coefficient (Wildman–Crippen LogP) is 4.34. The van der Waals surface area contributed by atoms with Crippen LogP contribution in [0, 0.1) is 17.2 Å². The fraction of sp³-hybridized carbons (Fsp3) is 0.333. The molecule has 1 aliphatic rings. The van der Waals surface area contributed by atoms with E-state index in [9.17, 15) is 10.1 Å². The van der Waals surface area contributed by atoms with Crippen LogP contribution in [0.4, 0.5) is 5.69 Å². The van der Waals surface area contributed by atoms with E-state index in [2.05, 4.69) is 23.5 Å². The Balaban J connectivity index is 1.76. The van der Waals surface area contributed by atoms with Crippen LogP contribution in [0.2, 0.25) is 0 Å². The van der Waals surface area contributed by atoms with Gasteiger partial charge in [0, 0.05) is 24.6 Å². The molecule has 0 aromatic heterocycles. The summed E-state index contributed by atoms with van der Waals surface area (Å²) >= 11 is 0. The molecule has 0 amide bonds. The average molecular weight is 334 g/mol. The molecule has 4 nitrogen and oxygen atoms in total. The minimum atomic E-state index is -0.00398. The quantitative estimate of drug-likeness (QED) is 0.826. The first-order chi connectivity index (χ1) is 12.2. The first-order valence-corrected chi connectivity index (χ1v) is 8.64. The third-order valence-corrected chi connectivity index (χ3v) is 4.67. The van der Waals surface area contributed by atoms with Crippen LogP contribution in [0.3, 0.4) is 0 Å². The van der Waals surface area contributed by atoms with Crippen molar-refractivity contribution in [1.29, 1.82) is 5.26 Å². The molecule has 1 saturated heterocycles. The zero-order valence-corrected chi connectivity index (χ0v) is 14.4. The molecule has 1 N–H and O–H groups in total. The van der Waals surface area contributed by atoms with E-state index in [-0.39, 0.29) is 11.9 Å². The number of carbonyl (C=O) groups is 1. The number of hydrogen-bond acceptors (Lipinski definition) is 4. The maximum Gasteiger partial charge on any atom is 0.159 e. The van der Waals surface area contributed by atoms with E-state index >= 15 is 0 Å². The molecule has 1 heterocycles. The number of Topliss-reactive ketones (excluding diaryl/α,β-unsaturated/α-hetero) is 1. The van der Waals surface area contributed by atoms with E-state index in [1.165, 1.54) is 12.5 Å². The summed E-state index contributed by atoms with van der Waals surface area (Å²) in [6.45, 7) is 3.01. The standard InChI is InChI=1S/C21H22N2O2/c1-15(24)17-9-10-18(13-22)20(12-17)23-14-19-8-5-11-25-21(19)16-6-3-2-4-7-16/h2-4,6-7,9-10,12,19,21,23H,5,8,11,14H2,1H3. The van der Waals surface area contributed by atoms with Crippen LogP contribution < -0.4 is 5.32 Å². The van der Waals surface area contributed by atoms with Crippen molar-refractivity contribution in [2.75, 3.05) is 18.5 Å². The molecule has 0 bridgehead atoms. The van der Waals surface area contributed by atoms with E-state index in [0.717, 1.165) is 19.4 Å². The highest BCUT2D eigenvalue weighted by Gasteiger charge is 2.27. The minimum absolute atomic E-state index is 0.00398. The number of nitrogens with zero attached hydrogens (tertiary/aromatic N) is 1. The molecule has 2 aromatic rings. The number of hydrogen-bond donors (Lipinski definition) is 1. The molecular formula is C21H22N2O2. The normalized spacial score (nSPS) is 19.8. The van der Waals surface area contributed by atoms with E-state index in [1.807, 2.05) is 18.2 Å². The number of ether oxygens (including phenoxy) is 1. The zero-order chi connectivity index (χ0) is 17.6. The van der Waals surface area contributed by atoms with Gasteiger partial charge in [0.2, 0.25) is 0 Å². The Bertz CT molecular complexity index is 780. The summed E-state index contributed by atoms with van der Waals surface area (Å²) in [5.74, 6) is 0.319. The molecule has 3 rings (SSSR count). The fourth-order valence-corrected chi connectivity index (χ4v) is 3.31. The lowest BCUT2D eigenvalue weighted by molar-refractivity contribution is -0.0238. The molecule has 25 heavy (non-hydrogen) atoms. The van der Waals surface area contributed by atoms with E-state index < -0.39 is 0 Å². The van der Waals surface area contributed by atoms with Gasteiger partial charge in [-0.1, -0.05) is 30.3 Å². The van der Waals surface area contributed by atoms with Crippen molar-refractivity contribution >= 4 is 11.5 Å². The molecule has 1 aliphatic heterocycles. The largest absolute Gasteiger partial charge is 0.384 e. The number of carbonyl (C=O) groups excluding carboxylic acids is 1. The van der Waals surface area contributed by atoms with Gasteiger partial charge in [-0.3, -0.25) is 4.79 Å². The van der Waals surface area contributed by atoms with E-state index in [0.29, 0.717) is 29.3 Å². The summed E-state index contributed by atoms with van der Waals surface area (Å²) in [6, 6.07) is 17.6. The molecule has 4 heteroatoms. The molecule has 2 unspecified atom stereocenters. The molecule has 0 radical (unpaired) electrons. The third-order valence-electron chi connectivity index (χ3n) is 4.67. The Hall–Kier alpha value is -2.64. The van der Waals surface area contributed by atoms with Gasteiger partial charge in [0.15, 0.2) is 5.78 Å². The Labute approximate surface area is 148 Å². The van der Waals surface area contributed by atoms with Crippen molar-refractivity contribution in [2.45, 2.75) is 25.9 Å². The highest BCUT2D eigenvalue weighted by Crippen LogP contribution is 2.34. The second-order valence-corrected chi connectivity index (χ2v) is 6.41. The Morgan fingerprint density at radius 2 is 2.08 bits per heavy atom. The van der Waals surface area contributed by atoms with Crippen molar-refractivity contribution in [3.8, 4) is 6.07 Å². The van der Waals surface area contributed by atoms with Crippen molar-refractivity contribution < 1.29 is 9.53 Å². The van der Waals surface area contributed by atoms with E-state index in [1.54, 1.807) is 18.2 Å². The van der Waals surface area contributed by atoms with Gasteiger partial charge in [-0.25, -0.2) is 0 Å². The molecule has 0 saturated carbocycles. The van der Waals surface area contributed by atoms with Gasteiger partial charge in [0.1, 0.15) is 6.07 Å². The van der Waals surface area contributed by atoms with E-state index in [4.69, 9.17) is 4.74 Å². The lowest BCUT2D eigenvalue weighted by atomic mass is 9.89. The summed E-state index contributed by atoms with van der Waals surface area (Å²) in [7, 11) is 0. The summed E-state index contributed by atoms with van der Waals surface area (Å²) in [6.07, 6.45) is 2.17. The third kappa shape index (κ3) is 4.07. The lowest BCUT2D eigenvalue weighted by Crippen LogP contribution is -2.28. The molecule has 128 valence electrons. The maximum absolute atomic E-state index is 11.6. The molecule has 0 aliphatic carbocycles. The maximum atomic E-state index is 11.6.